The van der Waals surface area contributed by atoms with Crippen molar-refractivity contribution in [2.75, 3.05) is 0 Å². The van der Waals surface area contributed by atoms with Crippen molar-refractivity contribution in [2.24, 2.45) is 11.5 Å². The van der Waals surface area contributed by atoms with E-state index in [9.17, 15) is 0 Å². The number of aryl methyl sites for hydroxylation is 2. The van der Waals surface area contributed by atoms with E-state index in [0.29, 0.717) is 13.1 Å². The first-order valence-electron chi connectivity index (χ1n) is 4.74. The van der Waals surface area contributed by atoms with Crippen LogP contribution in [0.4, 0.5) is 0 Å². The Hall–Kier alpha value is -0.860. The highest BCUT2D eigenvalue weighted by molar-refractivity contribution is 5.38. The van der Waals surface area contributed by atoms with Crippen molar-refractivity contribution < 1.29 is 0 Å². The van der Waals surface area contributed by atoms with E-state index < -0.39 is 0 Å². The molecule has 0 bridgehead atoms. The zero-order chi connectivity index (χ0) is 9.84. The van der Waals surface area contributed by atoms with Gasteiger partial charge in [0.1, 0.15) is 0 Å². The van der Waals surface area contributed by atoms with E-state index in [4.69, 9.17) is 11.5 Å². The lowest BCUT2D eigenvalue weighted by Crippen LogP contribution is -2.06. The van der Waals surface area contributed by atoms with E-state index in [-0.39, 0.29) is 0 Å². The summed E-state index contributed by atoms with van der Waals surface area (Å²) in [6.45, 7) is 5.48. The third-order valence-electron chi connectivity index (χ3n) is 2.45. The topological polar surface area (TPSA) is 52.0 Å². The molecule has 2 nitrogen and oxygen atoms in total. The van der Waals surface area contributed by atoms with Gasteiger partial charge in [0.05, 0.1) is 0 Å². The summed E-state index contributed by atoms with van der Waals surface area (Å²) in [6, 6.07) is 4.29. The minimum absolute atomic E-state index is 0.610. The second kappa shape index (κ2) is 4.40. The Balaban J connectivity index is 3.20. The molecular formula is C11H18N2. The molecule has 72 valence electrons. The van der Waals surface area contributed by atoms with E-state index in [2.05, 4.69) is 26.0 Å². The van der Waals surface area contributed by atoms with Crippen LogP contribution in [0.3, 0.4) is 0 Å². The molecule has 0 heterocycles. The molecule has 13 heavy (non-hydrogen) atoms. The minimum Gasteiger partial charge on any atom is -0.326 e. The Morgan fingerprint density at radius 3 is 2.31 bits per heavy atom. The maximum Gasteiger partial charge on any atom is 0.0183 e. The van der Waals surface area contributed by atoms with Gasteiger partial charge in [-0.1, -0.05) is 19.1 Å². The van der Waals surface area contributed by atoms with Crippen molar-refractivity contribution >= 4 is 0 Å². The zero-order valence-corrected chi connectivity index (χ0v) is 8.43. The molecule has 0 aromatic heterocycles. The number of hydrogen-bond donors (Lipinski definition) is 2. The van der Waals surface area contributed by atoms with Gasteiger partial charge < -0.3 is 11.5 Å². The molecular weight excluding hydrogens is 160 g/mol. The lowest BCUT2D eigenvalue weighted by molar-refractivity contribution is 0.963. The van der Waals surface area contributed by atoms with Crippen molar-refractivity contribution in [3.05, 3.63) is 34.4 Å². The van der Waals surface area contributed by atoms with Gasteiger partial charge in [-0.25, -0.2) is 0 Å². The summed E-state index contributed by atoms with van der Waals surface area (Å²) in [7, 11) is 0. The number of rotatable bonds is 3. The number of hydrogen-bond acceptors (Lipinski definition) is 2. The minimum atomic E-state index is 0.610. The second-order valence-corrected chi connectivity index (χ2v) is 3.31. The molecule has 0 atom stereocenters. The molecule has 0 spiro atoms. The lowest BCUT2D eigenvalue weighted by Gasteiger charge is -2.11. The molecule has 0 saturated heterocycles. The molecule has 0 aliphatic heterocycles. The van der Waals surface area contributed by atoms with Gasteiger partial charge in [-0.3, -0.25) is 0 Å². The van der Waals surface area contributed by atoms with Gasteiger partial charge in [0, 0.05) is 13.1 Å². The zero-order valence-electron chi connectivity index (χ0n) is 8.43. The summed E-state index contributed by atoms with van der Waals surface area (Å²) in [6.07, 6.45) is 1.03. The molecule has 1 aromatic carbocycles. The van der Waals surface area contributed by atoms with Crippen LogP contribution in [0.15, 0.2) is 12.1 Å². The third kappa shape index (κ3) is 2.08. The van der Waals surface area contributed by atoms with Gasteiger partial charge >= 0.3 is 0 Å². The van der Waals surface area contributed by atoms with Crippen molar-refractivity contribution in [1.29, 1.82) is 0 Å². The normalized spacial score (nSPS) is 10.5. The first-order valence-corrected chi connectivity index (χ1v) is 4.74. The number of benzene rings is 1. The number of nitrogens with two attached hydrogens (primary N) is 2. The fourth-order valence-corrected chi connectivity index (χ4v) is 1.70. The van der Waals surface area contributed by atoms with E-state index in [1.54, 1.807) is 0 Å². The van der Waals surface area contributed by atoms with Crippen LogP contribution < -0.4 is 11.5 Å². The van der Waals surface area contributed by atoms with Crippen LogP contribution in [-0.4, -0.2) is 0 Å². The maximum absolute atomic E-state index is 5.69. The summed E-state index contributed by atoms with van der Waals surface area (Å²) >= 11 is 0. The van der Waals surface area contributed by atoms with Crippen molar-refractivity contribution in [3.63, 3.8) is 0 Å². The smallest absolute Gasteiger partial charge is 0.0183 e. The molecule has 0 aliphatic rings. The predicted molar refractivity (Wildman–Crippen MR) is 56.3 cm³/mol. The Labute approximate surface area is 79.9 Å². The van der Waals surface area contributed by atoms with E-state index in [0.717, 1.165) is 6.42 Å². The summed E-state index contributed by atoms with van der Waals surface area (Å²) in [5.41, 5.74) is 16.4. The van der Waals surface area contributed by atoms with E-state index in [1.807, 2.05) is 0 Å². The first kappa shape index (κ1) is 10.2. The Bertz CT molecular complexity index is 292. The molecule has 0 radical (unpaired) electrons. The van der Waals surface area contributed by atoms with Gasteiger partial charge in [-0.15, -0.1) is 0 Å². The Morgan fingerprint density at radius 1 is 1.15 bits per heavy atom. The van der Waals surface area contributed by atoms with Crippen molar-refractivity contribution in [3.8, 4) is 0 Å². The van der Waals surface area contributed by atoms with Gasteiger partial charge in [-0.05, 0) is 35.6 Å². The quantitative estimate of drug-likeness (QED) is 0.736. The summed E-state index contributed by atoms with van der Waals surface area (Å²) in [4.78, 5) is 0. The molecule has 0 aliphatic carbocycles. The highest BCUT2D eigenvalue weighted by Gasteiger charge is 2.04. The SMILES string of the molecule is CCc1cc(CN)cc(C)c1CN. The van der Waals surface area contributed by atoms with Gasteiger partial charge in [0.2, 0.25) is 0 Å². The van der Waals surface area contributed by atoms with Crippen LogP contribution in [0.5, 0.6) is 0 Å². The van der Waals surface area contributed by atoms with Crippen LogP contribution in [0.25, 0.3) is 0 Å². The van der Waals surface area contributed by atoms with Gasteiger partial charge in [0.25, 0.3) is 0 Å². The van der Waals surface area contributed by atoms with Crippen LogP contribution in [0.1, 0.15) is 29.2 Å². The summed E-state index contributed by atoms with van der Waals surface area (Å²) < 4.78 is 0. The average molecular weight is 178 g/mol. The summed E-state index contributed by atoms with van der Waals surface area (Å²) in [5.74, 6) is 0. The lowest BCUT2D eigenvalue weighted by atomic mass is 9.97. The molecule has 0 unspecified atom stereocenters. The highest BCUT2D eigenvalue weighted by Crippen LogP contribution is 2.17. The highest BCUT2D eigenvalue weighted by atomic mass is 14.5. The second-order valence-electron chi connectivity index (χ2n) is 3.31. The predicted octanol–water partition coefficient (Wildman–Crippen LogP) is 1.47. The fraction of sp³-hybridized carbons (Fsp3) is 0.455. The van der Waals surface area contributed by atoms with Gasteiger partial charge in [-0.2, -0.15) is 0 Å². The molecule has 1 aromatic rings. The molecule has 1 rings (SSSR count). The van der Waals surface area contributed by atoms with Crippen LogP contribution in [0, 0.1) is 6.92 Å². The van der Waals surface area contributed by atoms with Crippen molar-refractivity contribution in [2.45, 2.75) is 33.4 Å². The standard InChI is InChI=1S/C11H18N2/c1-3-10-5-9(6-12)4-8(2)11(10)7-13/h4-5H,3,6-7,12-13H2,1-2H3. The van der Waals surface area contributed by atoms with Gasteiger partial charge in [0.15, 0.2) is 0 Å². The monoisotopic (exact) mass is 178 g/mol. The largest absolute Gasteiger partial charge is 0.326 e. The van der Waals surface area contributed by atoms with E-state index >= 15 is 0 Å². The molecule has 0 amide bonds. The third-order valence-corrected chi connectivity index (χ3v) is 2.45. The molecule has 4 N–H and O–H groups in total. The first-order chi connectivity index (χ1) is 6.22. The molecule has 0 fully saturated rings. The van der Waals surface area contributed by atoms with E-state index in [1.165, 1.54) is 22.3 Å². The fourth-order valence-electron chi connectivity index (χ4n) is 1.70. The Kier molecular flexibility index (Phi) is 3.46. The van der Waals surface area contributed by atoms with Crippen LogP contribution in [0.2, 0.25) is 0 Å². The van der Waals surface area contributed by atoms with Crippen LogP contribution in [-0.2, 0) is 19.5 Å². The summed E-state index contributed by atoms with van der Waals surface area (Å²) in [5, 5.41) is 0. The average Bonchev–Trinajstić information content (AvgIpc) is 2.16. The molecule has 0 saturated carbocycles. The van der Waals surface area contributed by atoms with Crippen LogP contribution >= 0.6 is 0 Å². The van der Waals surface area contributed by atoms with Crippen molar-refractivity contribution in [1.82, 2.24) is 0 Å². The Morgan fingerprint density at radius 2 is 1.85 bits per heavy atom. The molecule has 2 heteroatoms. The maximum atomic E-state index is 5.69.